The van der Waals surface area contributed by atoms with Gasteiger partial charge in [0.1, 0.15) is 23.1 Å². The SMILES string of the molecule is CCCCCOC(=O)COc1cc(N2C(=O)C3=C(CCCC3)C2=O)c(F)cc1Cl.CCNc1nc(Cl)nc(NC(C)(C)C#N)n1.CP(=O)(O)CCC(N)C(=O)O. The van der Waals surface area contributed by atoms with Crippen LogP contribution in [0.5, 0.6) is 5.75 Å². The number of aliphatic carboxylic acids is 1. The molecule has 1 aromatic heterocycles. The number of benzene rings is 1. The van der Waals surface area contributed by atoms with Crippen molar-refractivity contribution in [1.82, 2.24) is 15.0 Å². The van der Waals surface area contributed by atoms with Crippen LogP contribution in [0.4, 0.5) is 22.0 Å². The number of anilines is 3. The van der Waals surface area contributed by atoms with Crippen LogP contribution in [-0.4, -0.2) is 92.9 Å². The van der Waals surface area contributed by atoms with Crippen LogP contribution in [0.1, 0.15) is 79.1 Å². The number of carbonyl (C=O) groups excluding carboxylic acids is 3. The third kappa shape index (κ3) is 15.6. The summed E-state index contributed by atoms with van der Waals surface area (Å²) in [5, 5.41) is 22.9. The molecule has 1 aromatic carbocycles. The molecule has 2 heterocycles. The number of nitrogens with two attached hydrogens (primary N) is 1. The zero-order chi connectivity index (χ0) is 42.2. The molecular formula is C35H48Cl2FN8O9P. The van der Waals surface area contributed by atoms with Crippen LogP contribution in [0.2, 0.25) is 10.3 Å². The van der Waals surface area contributed by atoms with Gasteiger partial charge in [-0.2, -0.15) is 20.2 Å². The van der Waals surface area contributed by atoms with E-state index in [4.69, 9.17) is 53.7 Å². The van der Waals surface area contributed by atoms with Crippen molar-refractivity contribution in [1.29, 1.82) is 5.26 Å². The molecule has 4 rings (SSSR count). The van der Waals surface area contributed by atoms with Crippen molar-refractivity contribution in [3.8, 4) is 11.8 Å². The van der Waals surface area contributed by atoms with Crippen molar-refractivity contribution < 1.29 is 47.6 Å². The topological polar surface area (TPSA) is 260 Å². The molecule has 17 nitrogen and oxygen atoms in total. The highest BCUT2D eigenvalue weighted by Crippen LogP contribution is 2.39. The number of carboxylic acids is 1. The standard InChI is InChI=1S/C21H23ClFNO5.C9H13ClN6.C5H12NO4P/c1-2-3-6-9-28-19(25)12-29-18-11-17(16(23)10-15(18)22)24-20(26)13-7-4-5-8-14(13)21(24)27;1-4-12-7-13-6(10)14-8(15-7)16-9(2,3)5-11;1-11(9,10)3-2-4(6)5(7)8/h10-11H,2-9,12H2,1H3;4H2,1-3H3,(H2,12,13,14,15,16);4H,2-3,6H2,1H3,(H,7,8)(H,9,10). The average Bonchev–Trinajstić information content (AvgIpc) is 3.37. The van der Waals surface area contributed by atoms with Gasteiger partial charge in [0.05, 0.1) is 23.4 Å². The lowest BCUT2D eigenvalue weighted by atomic mass is 9.93. The second-order valence-corrected chi connectivity index (χ2v) is 16.5. The molecule has 2 aromatic rings. The zero-order valence-electron chi connectivity index (χ0n) is 31.9. The number of amides is 2. The number of rotatable bonds is 16. The molecule has 0 bridgehead atoms. The van der Waals surface area contributed by atoms with E-state index >= 15 is 0 Å². The molecule has 0 radical (unpaired) electrons. The predicted octanol–water partition coefficient (Wildman–Crippen LogP) is 5.69. The van der Waals surface area contributed by atoms with Gasteiger partial charge in [-0.15, -0.1) is 0 Å². The van der Waals surface area contributed by atoms with E-state index < -0.39 is 55.1 Å². The van der Waals surface area contributed by atoms with Gasteiger partial charge in [-0.1, -0.05) is 31.4 Å². The number of ether oxygens (including phenoxy) is 2. The first-order valence-electron chi connectivity index (χ1n) is 17.7. The molecule has 1 aliphatic carbocycles. The van der Waals surface area contributed by atoms with Crippen LogP contribution in [-0.2, 0) is 28.5 Å². The quantitative estimate of drug-likeness (QED) is 0.0588. The molecule has 6 N–H and O–H groups in total. The number of carboxylic acid groups (broad SMARTS) is 1. The Kier molecular flexibility index (Phi) is 19.1. The molecule has 1 aliphatic heterocycles. The summed E-state index contributed by atoms with van der Waals surface area (Å²) in [5.74, 6) is -2.88. The van der Waals surface area contributed by atoms with Crippen molar-refractivity contribution in [3.63, 3.8) is 0 Å². The molecule has 2 aliphatic rings. The molecular weight excluding hydrogens is 797 g/mol. The van der Waals surface area contributed by atoms with Gasteiger partial charge in [-0.3, -0.25) is 18.9 Å². The molecule has 308 valence electrons. The minimum atomic E-state index is -3.10. The third-order valence-electron chi connectivity index (χ3n) is 7.81. The number of imide groups is 1. The predicted molar refractivity (Wildman–Crippen MR) is 209 cm³/mol. The molecule has 0 spiro atoms. The lowest BCUT2D eigenvalue weighted by Crippen LogP contribution is -2.32. The number of hydrogen-bond acceptors (Lipinski definition) is 14. The summed E-state index contributed by atoms with van der Waals surface area (Å²) in [5.41, 5.74) is 5.01. The summed E-state index contributed by atoms with van der Waals surface area (Å²) in [6, 6.07) is 3.20. The van der Waals surface area contributed by atoms with Gasteiger partial charge in [0.25, 0.3) is 11.8 Å². The number of carbonyl (C=O) groups is 4. The monoisotopic (exact) mass is 844 g/mol. The summed E-state index contributed by atoms with van der Waals surface area (Å²) in [7, 11) is -3.10. The van der Waals surface area contributed by atoms with E-state index in [-0.39, 0.29) is 40.3 Å². The largest absolute Gasteiger partial charge is 0.480 e. The second-order valence-electron chi connectivity index (χ2n) is 13.2. The first-order chi connectivity index (χ1) is 26.2. The first kappa shape index (κ1) is 47.8. The van der Waals surface area contributed by atoms with Crippen LogP contribution in [0.25, 0.3) is 0 Å². The molecule has 0 saturated heterocycles. The fraction of sp³-hybridized carbons (Fsp3) is 0.543. The van der Waals surface area contributed by atoms with E-state index in [1.165, 1.54) is 12.7 Å². The summed E-state index contributed by atoms with van der Waals surface area (Å²) >= 11 is 11.7. The Bertz CT molecular complexity index is 1830. The number of unbranched alkanes of at least 4 members (excludes halogenated alkanes) is 2. The minimum Gasteiger partial charge on any atom is -0.480 e. The van der Waals surface area contributed by atoms with Crippen molar-refractivity contribution in [2.45, 2.75) is 90.6 Å². The Balaban J connectivity index is 0.000000336. The highest BCUT2D eigenvalue weighted by Gasteiger charge is 2.41. The molecule has 2 atom stereocenters. The highest BCUT2D eigenvalue weighted by molar-refractivity contribution is 7.57. The van der Waals surface area contributed by atoms with Gasteiger partial charge in [0, 0.05) is 36.6 Å². The van der Waals surface area contributed by atoms with Crippen molar-refractivity contribution in [2.75, 3.05) is 48.1 Å². The fourth-order valence-electron chi connectivity index (χ4n) is 4.93. The number of nitriles is 1. The lowest BCUT2D eigenvalue weighted by Gasteiger charge is -2.18. The molecule has 2 unspecified atom stereocenters. The molecule has 2 amide bonds. The smallest absolute Gasteiger partial charge is 0.344 e. The highest BCUT2D eigenvalue weighted by atomic mass is 35.5. The zero-order valence-corrected chi connectivity index (χ0v) is 34.3. The van der Waals surface area contributed by atoms with E-state index in [2.05, 4.69) is 31.7 Å². The van der Waals surface area contributed by atoms with Crippen molar-refractivity contribution in [2.24, 2.45) is 5.73 Å². The number of nitrogens with zero attached hydrogens (tertiary/aromatic N) is 5. The average molecular weight is 846 g/mol. The van der Waals surface area contributed by atoms with E-state index in [9.17, 15) is 28.1 Å². The van der Waals surface area contributed by atoms with Crippen LogP contribution < -0.4 is 26.0 Å². The van der Waals surface area contributed by atoms with Gasteiger partial charge >= 0.3 is 11.9 Å². The summed E-state index contributed by atoms with van der Waals surface area (Å²) in [6.07, 6.45) is 5.40. The number of hydrogen-bond donors (Lipinski definition) is 5. The number of esters is 1. The molecule has 56 heavy (non-hydrogen) atoms. The lowest BCUT2D eigenvalue weighted by molar-refractivity contribution is -0.146. The maximum absolute atomic E-state index is 14.5. The normalized spacial score (nSPS) is 15.2. The van der Waals surface area contributed by atoms with E-state index in [0.717, 1.165) is 43.1 Å². The number of halogens is 3. The van der Waals surface area contributed by atoms with E-state index in [1.807, 2.05) is 13.8 Å². The van der Waals surface area contributed by atoms with Gasteiger partial charge in [-0.05, 0) is 77.0 Å². The Morgan fingerprint density at radius 3 is 2.25 bits per heavy atom. The van der Waals surface area contributed by atoms with Crippen molar-refractivity contribution in [3.05, 3.63) is 39.4 Å². The third-order valence-corrected chi connectivity index (χ3v) is 9.36. The fourth-order valence-corrected chi connectivity index (χ4v) is 6.05. The van der Waals surface area contributed by atoms with Crippen LogP contribution in [0.15, 0.2) is 23.3 Å². The van der Waals surface area contributed by atoms with Crippen molar-refractivity contribution >= 4 is 71.9 Å². The summed E-state index contributed by atoms with van der Waals surface area (Å²) < 4.78 is 35.6. The van der Waals surface area contributed by atoms with E-state index in [1.54, 1.807) is 13.8 Å². The van der Waals surface area contributed by atoms with Crippen LogP contribution in [0.3, 0.4) is 0 Å². The Morgan fingerprint density at radius 2 is 1.71 bits per heavy atom. The Labute approximate surface area is 334 Å². The Hall–Kier alpha value is -4.40. The van der Waals surface area contributed by atoms with Gasteiger partial charge in [0.2, 0.25) is 17.2 Å². The summed E-state index contributed by atoms with van der Waals surface area (Å²) in [4.78, 5) is 68.7. The van der Waals surface area contributed by atoms with Gasteiger partial charge in [-0.25, -0.2) is 14.1 Å². The molecule has 0 fully saturated rings. The van der Waals surface area contributed by atoms with Crippen LogP contribution >= 0.6 is 30.6 Å². The van der Waals surface area contributed by atoms with Gasteiger partial charge in [0.15, 0.2) is 14.0 Å². The minimum absolute atomic E-state index is 0.000883. The summed E-state index contributed by atoms with van der Waals surface area (Å²) in [6.45, 7) is 9.16. The maximum atomic E-state index is 14.5. The second kappa shape index (κ2) is 22.4. The van der Waals surface area contributed by atoms with Crippen LogP contribution in [0, 0.1) is 17.1 Å². The Morgan fingerprint density at radius 1 is 1.11 bits per heavy atom. The number of nitrogens with one attached hydrogen (secondary N) is 2. The first-order valence-corrected chi connectivity index (χ1v) is 20.8. The van der Waals surface area contributed by atoms with E-state index in [0.29, 0.717) is 43.1 Å². The molecule has 21 heteroatoms. The number of aromatic nitrogens is 3. The van der Waals surface area contributed by atoms with Gasteiger partial charge < -0.3 is 35.8 Å². The maximum Gasteiger partial charge on any atom is 0.344 e. The molecule has 0 saturated carbocycles.